The Labute approximate surface area is 235 Å². The average Bonchev–Trinajstić information content (AvgIpc) is 3.14. The first kappa shape index (κ1) is 31.1. The smallest absolute Gasteiger partial charge is 0.253 e. The molecule has 0 fully saturated rings. The molecule has 0 spiro atoms. The number of aliphatic hydroxyl groups excluding tert-OH is 1. The third kappa shape index (κ3) is 6.66. The van der Waals surface area contributed by atoms with Crippen LogP contribution in [-0.2, 0) is 12.0 Å². The highest BCUT2D eigenvalue weighted by Crippen LogP contribution is 2.39. The quantitative estimate of drug-likeness (QED) is 0.244. The summed E-state index contributed by atoms with van der Waals surface area (Å²) in [6, 6.07) is 6.86. The van der Waals surface area contributed by atoms with E-state index >= 15 is 0 Å². The van der Waals surface area contributed by atoms with E-state index in [-0.39, 0.29) is 59.2 Å². The molecule has 1 aliphatic rings. The SMILES string of the molecule is Br.CNC(=O)c1cc2c(cc1N(C)C)CN(CC(=O)c1cc(OCCCCO)c(O)c(C(C)(C)C)c1)C2=N. The maximum absolute atomic E-state index is 13.4. The maximum atomic E-state index is 13.4. The monoisotopic (exact) mass is 590 g/mol. The van der Waals surface area contributed by atoms with Crippen molar-refractivity contribution in [3.05, 3.63) is 52.1 Å². The number of amidine groups is 1. The summed E-state index contributed by atoms with van der Waals surface area (Å²) in [7, 11) is 5.28. The molecule has 0 bridgehead atoms. The van der Waals surface area contributed by atoms with Gasteiger partial charge in [-0.15, -0.1) is 17.0 Å². The highest BCUT2D eigenvalue weighted by atomic mass is 79.9. The van der Waals surface area contributed by atoms with Crippen LogP contribution in [-0.4, -0.2) is 73.5 Å². The summed E-state index contributed by atoms with van der Waals surface area (Å²) in [5.41, 5.74) is 3.29. The second kappa shape index (κ2) is 12.6. The molecule has 2 aromatic rings. The van der Waals surface area contributed by atoms with Gasteiger partial charge in [0.1, 0.15) is 5.84 Å². The molecular formula is C28H39BrN4O5. The molecule has 0 saturated heterocycles. The minimum absolute atomic E-state index is 0. The zero-order valence-corrected chi connectivity index (χ0v) is 24.7. The fraction of sp³-hybridized carbons (Fsp3) is 0.464. The lowest BCUT2D eigenvalue weighted by Gasteiger charge is -2.24. The fourth-order valence-corrected chi connectivity index (χ4v) is 4.37. The van der Waals surface area contributed by atoms with Gasteiger partial charge in [-0.2, -0.15) is 0 Å². The van der Waals surface area contributed by atoms with Crippen LogP contribution >= 0.6 is 17.0 Å². The summed E-state index contributed by atoms with van der Waals surface area (Å²) >= 11 is 0. The normalized spacial score (nSPS) is 12.6. The molecule has 208 valence electrons. The molecule has 0 aromatic heterocycles. The molecule has 0 radical (unpaired) electrons. The van der Waals surface area contributed by atoms with E-state index in [1.54, 1.807) is 30.1 Å². The number of rotatable bonds is 10. The van der Waals surface area contributed by atoms with Crippen molar-refractivity contribution in [2.24, 2.45) is 0 Å². The molecule has 10 heteroatoms. The number of benzene rings is 2. The molecule has 2 aromatic carbocycles. The van der Waals surface area contributed by atoms with Crippen molar-refractivity contribution >= 4 is 40.2 Å². The van der Waals surface area contributed by atoms with Gasteiger partial charge >= 0.3 is 0 Å². The van der Waals surface area contributed by atoms with Crippen LogP contribution in [0.25, 0.3) is 0 Å². The van der Waals surface area contributed by atoms with Crippen molar-refractivity contribution in [3.63, 3.8) is 0 Å². The van der Waals surface area contributed by atoms with Crippen LogP contribution in [0.2, 0.25) is 0 Å². The lowest BCUT2D eigenvalue weighted by atomic mass is 9.84. The number of phenols is 1. The number of amides is 1. The second-order valence-electron chi connectivity index (χ2n) is 10.5. The van der Waals surface area contributed by atoms with E-state index < -0.39 is 5.41 Å². The first-order valence-electron chi connectivity index (χ1n) is 12.4. The number of ketones is 1. The Kier molecular flexibility index (Phi) is 10.3. The minimum Gasteiger partial charge on any atom is -0.504 e. The van der Waals surface area contributed by atoms with Gasteiger partial charge in [-0.3, -0.25) is 15.0 Å². The maximum Gasteiger partial charge on any atom is 0.253 e. The minimum atomic E-state index is -0.432. The molecule has 0 atom stereocenters. The van der Waals surface area contributed by atoms with E-state index in [9.17, 15) is 14.7 Å². The number of anilines is 1. The van der Waals surface area contributed by atoms with Crippen molar-refractivity contribution in [2.75, 3.05) is 45.8 Å². The average molecular weight is 592 g/mol. The number of nitrogens with zero attached hydrogens (tertiary/aromatic N) is 2. The molecule has 0 saturated carbocycles. The summed E-state index contributed by atoms with van der Waals surface area (Å²) in [5.74, 6) is -0.0115. The molecule has 3 rings (SSSR count). The first-order valence-corrected chi connectivity index (χ1v) is 12.4. The number of carbonyl (C=O) groups is 2. The number of Topliss-reactive ketones (excluding diaryl/α,β-unsaturated/α-hetero) is 1. The van der Waals surface area contributed by atoms with E-state index in [4.69, 9.17) is 15.3 Å². The van der Waals surface area contributed by atoms with Gasteiger partial charge in [0.25, 0.3) is 5.91 Å². The van der Waals surface area contributed by atoms with Gasteiger partial charge in [0.2, 0.25) is 0 Å². The third-order valence-electron chi connectivity index (χ3n) is 6.46. The number of nitrogens with one attached hydrogen (secondary N) is 2. The summed E-state index contributed by atoms with van der Waals surface area (Å²) in [5, 5.41) is 31.2. The van der Waals surface area contributed by atoms with Gasteiger partial charge in [-0.25, -0.2) is 0 Å². The third-order valence-corrected chi connectivity index (χ3v) is 6.46. The number of hydrogen-bond donors (Lipinski definition) is 4. The van der Waals surface area contributed by atoms with Crippen molar-refractivity contribution in [2.45, 2.75) is 45.6 Å². The summed E-state index contributed by atoms with van der Waals surface area (Å²) < 4.78 is 5.78. The van der Waals surface area contributed by atoms with Crippen LogP contribution in [0.4, 0.5) is 5.69 Å². The van der Waals surface area contributed by atoms with Gasteiger partial charge < -0.3 is 30.1 Å². The molecular weight excluding hydrogens is 552 g/mol. The van der Waals surface area contributed by atoms with Crippen LogP contribution in [0.3, 0.4) is 0 Å². The first-order chi connectivity index (χ1) is 17.4. The molecule has 1 amide bonds. The fourth-order valence-electron chi connectivity index (χ4n) is 4.37. The van der Waals surface area contributed by atoms with Crippen LogP contribution in [0.1, 0.15) is 71.0 Å². The Morgan fingerprint density at radius 2 is 1.84 bits per heavy atom. The van der Waals surface area contributed by atoms with Crippen molar-refractivity contribution in [3.8, 4) is 11.5 Å². The number of aliphatic hydroxyl groups is 1. The summed E-state index contributed by atoms with van der Waals surface area (Å²) in [6.07, 6.45) is 1.20. The van der Waals surface area contributed by atoms with E-state index in [0.717, 1.165) is 11.3 Å². The molecule has 0 unspecified atom stereocenters. The van der Waals surface area contributed by atoms with Crippen molar-refractivity contribution in [1.82, 2.24) is 10.2 Å². The number of hydrogen-bond acceptors (Lipinski definition) is 7. The molecule has 1 heterocycles. The van der Waals surface area contributed by atoms with Gasteiger partial charge in [0.05, 0.1) is 18.7 Å². The highest BCUT2D eigenvalue weighted by molar-refractivity contribution is 8.93. The van der Waals surface area contributed by atoms with Gasteiger partial charge in [0, 0.05) is 56.7 Å². The predicted octanol–water partition coefficient (Wildman–Crippen LogP) is 3.87. The Hall–Kier alpha value is -3.11. The topological polar surface area (TPSA) is 126 Å². The van der Waals surface area contributed by atoms with E-state index in [1.165, 1.54) is 0 Å². The molecule has 38 heavy (non-hydrogen) atoms. The highest BCUT2D eigenvalue weighted by Gasteiger charge is 2.30. The number of carbonyl (C=O) groups excluding carboxylic acids is 2. The number of fused-ring (bicyclic) bond motifs is 1. The van der Waals surface area contributed by atoms with Crippen LogP contribution < -0.4 is 15.0 Å². The molecule has 9 nitrogen and oxygen atoms in total. The zero-order chi connectivity index (χ0) is 27.5. The Bertz CT molecular complexity index is 1210. The lowest BCUT2D eigenvalue weighted by molar-refractivity contribution is 0.0955. The largest absolute Gasteiger partial charge is 0.504 e. The van der Waals surface area contributed by atoms with Crippen LogP contribution in [0, 0.1) is 5.41 Å². The summed E-state index contributed by atoms with van der Waals surface area (Å²) in [6.45, 7) is 6.57. The van der Waals surface area contributed by atoms with E-state index in [2.05, 4.69) is 5.32 Å². The number of phenolic OH excluding ortho intramolecular Hbond substituents is 1. The van der Waals surface area contributed by atoms with E-state index in [1.807, 2.05) is 45.8 Å². The number of halogens is 1. The van der Waals surface area contributed by atoms with Crippen LogP contribution in [0.5, 0.6) is 11.5 Å². The predicted molar refractivity (Wildman–Crippen MR) is 155 cm³/mol. The number of unbranched alkanes of at least 4 members (excludes halogenated alkanes) is 1. The second-order valence-corrected chi connectivity index (χ2v) is 10.5. The van der Waals surface area contributed by atoms with Gasteiger partial charge in [-0.05, 0) is 48.1 Å². The van der Waals surface area contributed by atoms with Gasteiger partial charge in [0.15, 0.2) is 17.3 Å². The van der Waals surface area contributed by atoms with Crippen LogP contribution in [0.15, 0.2) is 24.3 Å². The molecule has 4 N–H and O–H groups in total. The number of ether oxygens (including phenoxy) is 1. The Balaban J connectivity index is 0.00000507. The Morgan fingerprint density at radius 3 is 2.42 bits per heavy atom. The van der Waals surface area contributed by atoms with Gasteiger partial charge in [-0.1, -0.05) is 20.8 Å². The van der Waals surface area contributed by atoms with Crippen molar-refractivity contribution in [1.29, 1.82) is 5.41 Å². The molecule has 1 aliphatic heterocycles. The lowest BCUT2D eigenvalue weighted by Crippen LogP contribution is -2.30. The summed E-state index contributed by atoms with van der Waals surface area (Å²) in [4.78, 5) is 29.4. The molecule has 0 aliphatic carbocycles. The zero-order valence-electron chi connectivity index (χ0n) is 23.0. The standard InChI is InChI=1S/C28H38N4O5.BrH/c1-28(2,3)21-11-17(13-24(25(21)35)37-10-8-7-9-33)23(34)16-32-15-18-12-22(31(5)6)20(27(36)30-4)14-19(18)26(32)29;/h11-14,29,33,35H,7-10,15-16H2,1-6H3,(H,30,36);1H. The Morgan fingerprint density at radius 1 is 1.16 bits per heavy atom. The van der Waals surface area contributed by atoms with Crippen molar-refractivity contribution < 1.29 is 24.5 Å². The van der Waals surface area contributed by atoms with E-state index in [0.29, 0.717) is 48.2 Å². The number of aromatic hydroxyl groups is 1.